The van der Waals surface area contributed by atoms with Crippen LogP contribution in [0.2, 0.25) is 0 Å². The van der Waals surface area contributed by atoms with E-state index in [1.54, 1.807) is 0 Å². The number of carbonyl (C=O) groups excluding carboxylic acids is 2. The van der Waals surface area contributed by atoms with Gasteiger partial charge < -0.3 is 5.11 Å². The molecule has 100 valence electrons. The first-order valence-corrected chi connectivity index (χ1v) is 6.44. The van der Waals surface area contributed by atoms with Crippen LogP contribution in [-0.2, 0) is 9.59 Å². The van der Waals surface area contributed by atoms with E-state index in [0.717, 1.165) is 19.3 Å². The summed E-state index contributed by atoms with van der Waals surface area (Å²) in [5, 5.41) is 10.7. The van der Waals surface area contributed by atoms with Gasteiger partial charge in [-0.1, -0.05) is 32.4 Å². The average Bonchev–Trinajstić information content (AvgIpc) is 2.36. The van der Waals surface area contributed by atoms with Crippen LogP contribution in [0, 0.1) is 5.92 Å². The predicted octanol–water partition coefficient (Wildman–Crippen LogP) is 2.59. The van der Waals surface area contributed by atoms with Crippen LogP contribution in [-0.4, -0.2) is 22.3 Å². The Kier molecular flexibility index (Phi) is 4.63. The highest BCUT2D eigenvalue weighted by Gasteiger charge is 2.49. The first-order valence-electron chi connectivity index (χ1n) is 6.44. The van der Waals surface area contributed by atoms with Crippen molar-refractivity contribution >= 4 is 11.6 Å². The summed E-state index contributed by atoms with van der Waals surface area (Å²) in [5.41, 5.74) is -1.51. The molecule has 18 heavy (non-hydrogen) atoms. The van der Waals surface area contributed by atoms with E-state index in [4.69, 9.17) is 0 Å². The van der Waals surface area contributed by atoms with Gasteiger partial charge in [-0.15, -0.1) is 0 Å². The van der Waals surface area contributed by atoms with Gasteiger partial charge in [-0.2, -0.15) is 0 Å². The van der Waals surface area contributed by atoms with E-state index < -0.39 is 17.2 Å². The van der Waals surface area contributed by atoms with Crippen molar-refractivity contribution < 1.29 is 14.7 Å². The normalized spacial score (nSPS) is 17.3. The molecule has 0 aromatic carbocycles. The molecule has 0 atom stereocenters. The molecule has 0 bridgehead atoms. The van der Waals surface area contributed by atoms with E-state index in [0.29, 0.717) is 12.8 Å². The zero-order valence-electron chi connectivity index (χ0n) is 11.3. The van der Waals surface area contributed by atoms with Gasteiger partial charge in [0.25, 0.3) is 0 Å². The lowest BCUT2D eigenvalue weighted by Gasteiger charge is -2.36. The van der Waals surface area contributed by atoms with Crippen LogP contribution in [0.1, 0.15) is 46.0 Å². The minimum absolute atomic E-state index is 0.220. The first kappa shape index (κ1) is 14.8. The third-order valence-electron chi connectivity index (χ3n) is 3.66. The van der Waals surface area contributed by atoms with E-state index in [9.17, 15) is 14.7 Å². The highest BCUT2D eigenvalue weighted by atomic mass is 16.3. The van der Waals surface area contributed by atoms with Crippen molar-refractivity contribution in [1.29, 1.82) is 0 Å². The molecule has 1 aliphatic carbocycles. The van der Waals surface area contributed by atoms with Gasteiger partial charge in [0, 0.05) is 5.92 Å². The minimum Gasteiger partial charge on any atom is -0.374 e. The van der Waals surface area contributed by atoms with E-state index in [2.05, 4.69) is 13.2 Å². The van der Waals surface area contributed by atoms with Gasteiger partial charge in [0.1, 0.15) is 0 Å². The van der Waals surface area contributed by atoms with Crippen LogP contribution in [0.5, 0.6) is 0 Å². The molecule has 0 saturated heterocycles. The highest BCUT2D eigenvalue weighted by molar-refractivity contribution is 6.21. The molecule has 3 heteroatoms. The third kappa shape index (κ3) is 2.61. The molecular formula is C15H22O3. The summed E-state index contributed by atoms with van der Waals surface area (Å²) >= 11 is 0. The monoisotopic (exact) mass is 250 g/mol. The number of aliphatic hydroxyl groups is 1. The molecule has 0 spiro atoms. The molecule has 1 saturated carbocycles. The number of carbonyl (C=O) groups is 2. The number of hydrogen-bond donors (Lipinski definition) is 1. The molecule has 0 amide bonds. The lowest BCUT2D eigenvalue weighted by atomic mass is 9.70. The van der Waals surface area contributed by atoms with E-state index in [1.807, 2.05) is 0 Å². The zero-order valence-corrected chi connectivity index (χ0v) is 11.3. The van der Waals surface area contributed by atoms with Gasteiger partial charge in [0.2, 0.25) is 0 Å². The quantitative estimate of drug-likeness (QED) is 0.602. The van der Waals surface area contributed by atoms with Crippen molar-refractivity contribution in [2.24, 2.45) is 5.92 Å². The maximum Gasteiger partial charge on any atom is 0.197 e. The molecule has 0 unspecified atom stereocenters. The molecular weight excluding hydrogens is 228 g/mol. The van der Waals surface area contributed by atoms with Gasteiger partial charge in [-0.05, 0) is 37.8 Å². The topological polar surface area (TPSA) is 54.4 Å². The summed E-state index contributed by atoms with van der Waals surface area (Å²) in [7, 11) is 0. The van der Waals surface area contributed by atoms with Crippen molar-refractivity contribution in [3.05, 3.63) is 24.3 Å². The Morgan fingerprint density at radius 1 is 1.00 bits per heavy atom. The summed E-state index contributed by atoms with van der Waals surface area (Å²) in [6, 6.07) is 0. The van der Waals surface area contributed by atoms with Crippen molar-refractivity contribution in [1.82, 2.24) is 0 Å². The Morgan fingerprint density at radius 2 is 1.39 bits per heavy atom. The molecule has 3 nitrogen and oxygen atoms in total. The zero-order chi connectivity index (χ0) is 13.9. The molecule has 1 aliphatic rings. The van der Waals surface area contributed by atoms with Crippen LogP contribution < -0.4 is 0 Å². The molecule has 0 radical (unpaired) electrons. The number of rotatable bonds is 5. The lowest BCUT2D eigenvalue weighted by Crippen LogP contribution is -2.54. The molecule has 0 aromatic rings. The van der Waals surface area contributed by atoms with E-state index >= 15 is 0 Å². The molecule has 0 aromatic heterocycles. The Hall–Kier alpha value is -1.22. The van der Waals surface area contributed by atoms with Crippen molar-refractivity contribution in [3.8, 4) is 0 Å². The smallest absolute Gasteiger partial charge is 0.197 e. The van der Waals surface area contributed by atoms with E-state index in [1.165, 1.54) is 13.8 Å². The molecule has 0 aliphatic heterocycles. The third-order valence-corrected chi connectivity index (χ3v) is 3.66. The van der Waals surface area contributed by atoms with Crippen LogP contribution >= 0.6 is 0 Å². The molecule has 1 rings (SSSR count). The minimum atomic E-state index is -1.95. The summed E-state index contributed by atoms with van der Waals surface area (Å²) in [5.74, 6) is -1.41. The Labute approximate surface area is 109 Å². The van der Waals surface area contributed by atoms with E-state index in [-0.39, 0.29) is 17.1 Å². The van der Waals surface area contributed by atoms with Crippen LogP contribution in [0.25, 0.3) is 0 Å². The SMILES string of the molecule is C=C(C)C(=O)C(O)(C(=O)C(=C)C)C1CCCCC1. The predicted molar refractivity (Wildman–Crippen MR) is 71.2 cm³/mol. The van der Waals surface area contributed by atoms with Crippen molar-refractivity contribution in [2.45, 2.75) is 51.6 Å². The Balaban J connectivity index is 3.15. The number of hydrogen-bond acceptors (Lipinski definition) is 3. The summed E-state index contributed by atoms with van der Waals surface area (Å²) < 4.78 is 0. The molecule has 1 fully saturated rings. The van der Waals surface area contributed by atoms with Crippen LogP contribution in [0.15, 0.2) is 24.3 Å². The summed E-state index contributed by atoms with van der Waals surface area (Å²) in [4.78, 5) is 24.4. The van der Waals surface area contributed by atoms with Gasteiger partial charge in [0.15, 0.2) is 17.2 Å². The fraction of sp³-hybridized carbons (Fsp3) is 0.600. The largest absolute Gasteiger partial charge is 0.374 e. The van der Waals surface area contributed by atoms with Gasteiger partial charge in [-0.3, -0.25) is 9.59 Å². The number of Topliss-reactive ketones (excluding diaryl/α,β-unsaturated/α-hetero) is 2. The second-order valence-corrected chi connectivity index (χ2v) is 5.32. The number of ketones is 2. The van der Waals surface area contributed by atoms with Gasteiger partial charge in [-0.25, -0.2) is 0 Å². The highest BCUT2D eigenvalue weighted by Crippen LogP contribution is 2.36. The second kappa shape index (κ2) is 5.61. The maximum absolute atomic E-state index is 12.2. The standard InChI is InChI=1S/C15H22O3/c1-10(2)13(16)15(18,14(17)11(3)4)12-8-6-5-7-9-12/h12,18H,1,3,5-9H2,2,4H3. The molecule has 1 N–H and O–H groups in total. The average molecular weight is 250 g/mol. The lowest BCUT2D eigenvalue weighted by molar-refractivity contribution is -0.153. The Bertz CT molecular complexity index is 361. The van der Waals surface area contributed by atoms with Gasteiger partial charge in [0.05, 0.1) is 0 Å². The van der Waals surface area contributed by atoms with Crippen molar-refractivity contribution in [2.75, 3.05) is 0 Å². The van der Waals surface area contributed by atoms with Crippen molar-refractivity contribution in [3.63, 3.8) is 0 Å². The fourth-order valence-corrected chi connectivity index (χ4v) is 2.64. The summed E-state index contributed by atoms with van der Waals surface area (Å²) in [6.07, 6.45) is 4.39. The fourth-order valence-electron chi connectivity index (χ4n) is 2.64. The Morgan fingerprint density at radius 3 is 1.72 bits per heavy atom. The summed E-state index contributed by atoms with van der Waals surface area (Å²) in [6.45, 7) is 10.2. The van der Waals surface area contributed by atoms with Crippen LogP contribution in [0.4, 0.5) is 0 Å². The van der Waals surface area contributed by atoms with Gasteiger partial charge >= 0.3 is 0 Å². The maximum atomic E-state index is 12.2. The van der Waals surface area contributed by atoms with Crippen LogP contribution in [0.3, 0.4) is 0 Å². The second-order valence-electron chi connectivity index (χ2n) is 5.32. The first-order chi connectivity index (χ1) is 8.31. The molecule has 0 heterocycles.